The summed E-state index contributed by atoms with van der Waals surface area (Å²) < 4.78 is 0. The molecule has 0 radical (unpaired) electrons. The molecule has 0 aliphatic carbocycles. The lowest BCUT2D eigenvalue weighted by Gasteiger charge is -2.31. The van der Waals surface area contributed by atoms with Crippen molar-refractivity contribution < 1.29 is 0 Å². The largest absolute Gasteiger partial charge is 0.308 e. The maximum atomic E-state index is 3.69. The van der Waals surface area contributed by atoms with E-state index in [4.69, 9.17) is 0 Å². The van der Waals surface area contributed by atoms with Crippen LogP contribution in [0.25, 0.3) is 0 Å². The van der Waals surface area contributed by atoms with Crippen molar-refractivity contribution in [2.24, 2.45) is 0 Å². The Hall–Kier alpha value is -0.510. The number of nitrogens with one attached hydrogen (secondary N) is 1. The number of hydrogen-bond donors (Lipinski definition) is 1. The monoisotopic (exact) mass is 262 g/mol. The van der Waals surface area contributed by atoms with E-state index in [-0.39, 0.29) is 0 Å². The van der Waals surface area contributed by atoms with Crippen molar-refractivity contribution in [1.29, 1.82) is 0 Å². The minimum atomic E-state index is 0.642. The molecule has 1 N–H and O–H groups in total. The molecule has 2 nitrogen and oxygen atoms in total. The lowest BCUT2D eigenvalue weighted by molar-refractivity contribution is 0.252. The molecule has 0 bridgehead atoms. The minimum absolute atomic E-state index is 0.642. The molecule has 0 saturated carbocycles. The Morgan fingerprint density at radius 1 is 1.17 bits per heavy atom. The Morgan fingerprint density at radius 2 is 2.06 bits per heavy atom. The lowest BCUT2D eigenvalue weighted by atomic mass is 9.95. The molecular formula is C15H22N2S. The van der Waals surface area contributed by atoms with Crippen molar-refractivity contribution >= 4 is 11.8 Å². The molecule has 3 rings (SSSR count). The van der Waals surface area contributed by atoms with Gasteiger partial charge in [0.15, 0.2) is 0 Å². The van der Waals surface area contributed by atoms with Crippen LogP contribution in [-0.2, 0) is 13.0 Å². The molecule has 3 heteroatoms. The molecule has 1 aromatic rings. The molecule has 0 aromatic heterocycles. The van der Waals surface area contributed by atoms with Gasteiger partial charge in [-0.3, -0.25) is 0 Å². The van der Waals surface area contributed by atoms with E-state index >= 15 is 0 Å². The van der Waals surface area contributed by atoms with E-state index in [1.54, 1.807) is 5.56 Å². The summed E-state index contributed by atoms with van der Waals surface area (Å²) in [6.07, 6.45) is 2.55. The molecule has 1 aromatic carbocycles. The molecule has 2 aliphatic heterocycles. The highest BCUT2D eigenvalue weighted by molar-refractivity contribution is 7.99. The number of fused-ring (bicyclic) bond motifs is 1. The van der Waals surface area contributed by atoms with Crippen LogP contribution in [0.3, 0.4) is 0 Å². The van der Waals surface area contributed by atoms with Crippen molar-refractivity contribution in [3.05, 3.63) is 35.4 Å². The molecule has 98 valence electrons. The first kappa shape index (κ1) is 12.5. The fourth-order valence-electron chi connectivity index (χ4n) is 2.94. The lowest BCUT2D eigenvalue weighted by Crippen LogP contribution is -2.45. The van der Waals surface area contributed by atoms with Gasteiger partial charge in [-0.25, -0.2) is 0 Å². The maximum absolute atomic E-state index is 3.69. The molecule has 2 aliphatic rings. The zero-order valence-corrected chi connectivity index (χ0v) is 11.7. The average Bonchev–Trinajstić information content (AvgIpc) is 2.67. The van der Waals surface area contributed by atoms with Gasteiger partial charge in [-0.2, -0.15) is 11.8 Å². The summed E-state index contributed by atoms with van der Waals surface area (Å²) in [5, 5.41) is 3.69. The summed E-state index contributed by atoms with van der Waals surface area (Å²) in [5.74, 6) is 2.65. The van der Waals surface area contributed by atoms with Crippen molar-refractivity contribution in [3.8, 4) is 0 Å². The van der Waals surface area contributed by atoms with Gasteiger partial charge in [-0.1, -0.05) is 24.3 Å². The second-order valence-electron chi connectivity index (χ2n) is 5.32. The van der Waals surface area contributed by atoms with Gasteiger partial charge in [0.05, 0.1) is 0 Å². The predicted octanol–water partition coefficient (Wildman–Crippen LogP) is 2.14. The van der Waals surface area contributed by atoms with Crippen LogP contribution in [0.5, 0.6) is 0 Å². The molecule has 0 amide bonds. The predicted molar refractivity (Wildman–Crippen MR) is 79.2 cm³/mol. The third-order valence-electron chi connectivity index (χ3n) is 3.96. The Bertz CT molecular complexity index is 386. The number of nitrogens with zero attached hydrogens (tertiary/aromatic N) is 1. The van der Waals surface area contributed by atoms with Gasteiger partial charge in [0.25, 0.3) is 0 Å². The second kappa shape index (κ2) is 6.09. The topological polar surface area (TPSA) is 15.3 Å². The molecule has 1 fully saturated rings. The molecule has 18 heavy (non-hydrogen) atoms. The number of hydrogen-bond acceptors (Lipinski definition) is 3. The fraction of sp³-hybridized carbons (Fsp3) is 0.600. The molecule has 1 saturated heterocycles. The van der Waals surface area contributed by atoms with E-state index in [0.29, 0.717) is 6.04 Å². The van der Waals surface area contributed by atoms with E-state index in [1.165, 1.54) is 49.5 Å². The second-order valence-corrected chi connectivity index (χ2v) is 6.54. The average molecular weight is 262 g/mol. The summed E-state index contributed by atoms with van der Waals surface area (Å²) in [7, 11) is 0. The number of thioether (sulfide) groups is 1. The molecule has 0 spiro atoms. The van der Waals surface area contributed by atoms with Gasteiger partial charge in [-0.05, 0) is 36.3 Å². The van der Waals surface area contributed by atoms with Gasteiger partial charge >= 0.3 is 0 Å². The van der Waals surface area contributed by atoms with E-state index in [1.807, 2.05) is 0 Å². The standard InChI is InChI=1S/C15H22N2S/c1-2-5-14-11-16-15(10-13(14)4-1)12-17-6-3-8-18-9-7-17/h1-2,4-5,15-16H,3,6-12H2. The van der Waals surface area contributed by atoms with Crippen LogP contribution < -0.4 is 5.32 Å². The van der Waals surface area contributed by atoms with Crippen LogP contribution in [0, 0.1) is 0 Å². The zero-order valence-electron chi connectivity index (χ0n) is 10.9. The van der Waals surface area contributed by atoms with Gasteiger partial charge < -0.3 is 10.2 Å². The normalized spacial score (nSPS) is 25.4. The van der Waals surface area contributed by atoms with Gasteiger partial charge in [0.1, 0.15) is 0 Å². The van der Waals surface area contributed by atoms with E-state index in [2.05, 4.69) is 46.2 Å². The summed E-state index contributed by atoms with van der Waals surface area (Å²) in [6.45, 7) is 4.82. The minimum Gasteiger partial charge on any atom is -0.308 e. The third-order valence-corrected chi connectivity index (χ3v) is 5.01. The Kier molecular flexibility index (Phi) is 4.24. The molecular weight excluding hydrogens is 240 g/mol. The Morgan fingerprint density at radius 3 is 3.00 bits per heavy atom. The smallest absolute Gasteiger partial charge is 0.0238 e. The highest BCUT2D eigenvalue weighted by Gasteiger charge is 2.20. The SMILES string of the molecule is c1ccc2c(c1)CNC(CN1CCCSCC1)C2. The van der Waals surface area contributed by atoms with E-state index < -0.39 is 0 Å². The number of benzene rings is 1. The van der Waals surface area contributed by atoms with Crippen LogP contribution in [0.15, 0.2) is 24.3 Å². The highest BCUT2D eigenvalue weighted by Crippen LogP contribution is 2.18. The first-order chi connectivity index (χ1) is 8.92. The van der Waals surface area contributed by atoms with E-state index in [9.17, 15) is 0 Å². The molecule has 2 heterocycles. The fourth-order valence-corrected chi connectivity index (χ4v) is 3.87. The molecule has 1 atom stereocenters. The van der Waals surface area contributed by atoms with Crippen LogP contribution >= 0.6 is 11.8 Å². The van der Waals surface area contributed by atoms with Crippen molar-refractivity contribution in [3.63, 3.8) is 0 Å². The van der Waals surface area contributed by atoms with Crippen LogP contribution in [0.1, 0.15) is 17.5 Å². The van der Waals surface area contributed by atoms with Crippen molar-refractivity contribution in [2.75, 3.05) is 31.1 Å². The van der Waals surface area contributed by atoms with Gasteiger partial charge in [0.2, 0.25) is 0 Å². The van der Waals surface area contributed by atoms with Crippen LogP contribution in [0.4, 0.5) is 0 Å². The Balaban J connectivity index is 1.58. The maximum Gasteiger partial charge on any atom is 0.0238 e. The van der Waals surface area contributed by atoms with Crippen LogP contribution in [-0.4, -0.2) is 42.1 Å². The first-order valence-electron chi connectivity index (χ1n) is 7.02. The highest BCUT2D eigenvalue weighted by atomic mass is 32.2. The van der Waals surface area contributed by atoms with Crippen LogP contribution in [0.2, 0.25) is 0 Å². The summed E-state index contributed by atoms with van der Waals surface area (Å²) >= 11 is 2.11. The molecule has 1 unspecified atom stereocenters. The third kappa shape index (κ3) is 3.08. The van der Waals surface area contributed by atoms with E-state index in [0.717, 1.165) is 6.54 Å². The summed E-state index contributed by atoms with van der Waals surface area (Å²) in [5.41, 5.74) is 3.03. The quantitative estimate of drug-likeness (QED) is 0.879. The summed E-state index contributed by atoms with van der Waals surface area (Å²) in [4.78, 5) is 2.64. The Labute approximate surface area is 114 Å². The first-order valence-corrected chi connectivity index (χ1v) is 8.17. The van der Waals surface area contributed by atoms with Gasteiger partial charge in [-0.15, -0.1) is 0 Å². The summed E-state index contributed by atoms with van der Waals surface area (Å²) in [6, 6.07) is 9.50. The zero-order chi connectivity index (χ0) is 12.2. The van der Waals surface area contributed by atoms with Crippen molar-refractivity contribution in [1.82, 2.24) is 10.2 Å². The van der Waals surface area contributed by atoms with Gasteiger partial charge in [0, 0.05) is 31.4 Å². The number of rotatable bonds is 2. The van der Waals surface area contributed by atoms with Crippen molar-refractivity contribution in [2.45, 2.75) is 25.4 Å².